The summed E-state index contributed by atoms with van der Waals surface area (Å²) >= 11 is 0. The Hall–Kier alpha value is -3.68. The number of primary amides is 1. The van der Waals surface area contributed by atoms with E-state index in [2.05, 4.69) is 10.6 Å². The maximum atomic E-state index is 12.9. The average Bonchev–Trinajstić information content (AvgIpc) is 3.00. The Bertz CT molecular complexity index is 1050. The average molecular weight is 606 g/mol. The highest BCUT2D eigenvalue weighted by molar-refractivity contribution is 5.91. The van der Waals surface area contributed by atoms with Crippen LogP contribution in [0.4, 0.5) is 0 Å². The molecule has 13 nitrogen and oxygen atoms in total. The summed E-state index contributed by atoms with van der Waals surface area (Å²) in [5, 5.41) is 14.6. The van der Waals surface area contributed by atoms with Crippen LogP contribution in [0.1, 0.15) is 70.3 Å². The highest BCUT2D eigenvalue weighted by Crippen LogP contribution is 2.15. The van der Waals surface area contributed by atoms with E-state index in [4.69, 9.17) is 27.0 Å². The van der Waals surface area contributed by atoms with E-state index in [1.54, 1.807) is 6.92 Å². The molecule has 240 valence electrons. The molecule has 0 aliphatic heterocycles. The Morgan fingerprint density at radius 2 is 1.56 bits per heavy atom. The number of hydrogen-bond acceptors (Lipinski definition) is 10. The molecule has 1 aromatic carbocycles. The summed E-state index contributed by atoms with van der Waals surface area (Å²) in [6.45, 7) is 1.25. The zero-order chi connectivity index (χ0) is 32.2. The fourth-order valence-corrected chi connectivity index (χ4v) is 4.16. The number of nitrogens with two attached hydrogens (primary N) is 3. The molecular weight excluding hydrogens is 558 g/mol. The number of hydrogen-bond donors (Lipinski definition) is 6. The zero-order valence-electron chi connectivity index (χ0n) is 24.9. The van der Waals surface area contributed by atoms with Gasteiger partial charge in [0, 0.05) is 38.1 Å². The molecule has 4 unspecified atom stereocenters. The number of carbonyl (C=O) groups is 6. The first kappa shape index (κ1) is 37.3. The predicted octanol–water partition coefficient (Wildman–Crippen LogP) is -0.209. The van der Waals surface area contributed by atoms with Crippen molar-refractivity contribution < 1.29 is 38.6 Å². The maximum absolute atomic E-state index is 12.9. The lowest BCUT2D eigenvalue weighted by Gasteiger charge is -2.20. The number of aliphatic hydroxyl groups excluding tert-OH is 1. The van der Waals surface area contributed by atoms with Gasteiger partial charge >= 0.3 is 5.97 Å². The van der Waals surface area contributed by atoms with E-state index in [1.807, 2.05) is 30.3 Å². The number of rotatable bonds is 23. The van der Waals surface area contributed by atoms with Gasteiger partial charge in [0.1, 0.15) is 12.6 Å². The molecule has 1 rings (SSSR count). The molecule has 0 spiro atoms. The van der Waals surface area contributed by atoms with E-state index in [1.165, 1.54) is 0 Å². The molecule has 0 fully saturated rings. The van der Waals surface area contributed by atoms with Crippen LogP contribution in [0.25, 0.3) is 0 Å². The third-order valence-corrected chi connectivity index (χ3v) is 6.93. The van der Waals surface area contributed by atoms with Gasteiger partial charge < -0.3 is 37.7 Å². The molecule has 0 radical (unpaired) electrons. The van der Waals surface area contributed by atoms with Crippen LogP contribution >= 0.6 is 0 Å². The van der Waals surface area contributed by atoms with E-state index >= 15 is 0 Å². The lowest BCUT2D eigenvalue weighted by molar-refractivity contribution is -0.144. The topological polar surface area (TPSA) is 234 Å². The number of Topliss-reactive ketones (excluding diaryl/α,β-unsaturated/α-hetero) is 2. The summed E-state index contributed by atoms with van der Waals surface area (Å²) < 4.78 is 4.87. The number of nitrogens with one attached hydrogen (secondary N) is 2. The quantitative estimate of drug-likeness (QED) is 0.0709. The molecule has 13 heteroatoms. The molecule has 0 bridgehead atoms. The van der Waals surface area contributed by atoms with Gasteiger partial charge in [-0.15, -0.1) is 0 Å². The van der Waals surface area contributed by atoms with Crippen LogP contribution in [0.5, 0.6) is 0 Å². The standard InChI is InChI=1S/C30H47N5O8/c1-2-28(40)43-19-23(32)25(37)14-12-21(29(33)41)13-15-27(39)34-16-8-4-7-11-26(38)24(35-30(42)22(31)18-36)17-20-9-5-3-6-10-20/h3,5-6,9-10,21-24,36H,2,4,7-8,11-19,31-32H2,1H3,(H2,33,41)(H,34,39)(H,35,42). The van der Waals surface area contributed by atoms with Crippen LogP contribution in [0, 0.1) is 5.92 Å². The third-order valence-electron chi connectivity index (χ3n) is 6.93. The van der Waals surface area contributed by atoms with Gasteiger partial charge in [0.15, 0.2) is 11.6 Å². The van der Waals surface area contributed by atoms with Gasteiger partial charge in [0.25, 0.3) is 0 Å². The fraction of sp³-hybridized carbons (Fsp3) is 0.600. The van der Waals surface area contributed by atoms with Crippen LogP contribution in [-0.2, 0) is 39.9 Å². The molecule has 0 aliphatic carbocycles. The number of esters is 1. The second-order valence-electron chi connectivity index (χ2n) is 10.5. The minimum absolute atomic E-state index is 0.0249. The Balaban J connectivity index is 2.37. The van der Waals surface area contributed by atoms with Crippen molar-refractivity contribution in [3.8, 4) is 0 Å². The Morgan fingerprint density at radius 1 is 0.884 bits per heavy atom. The predicted molar refractivity (Wildman–Crippen MR) is 159 cm³/mol. The first-order valence-electron chi connectivity index (χ1n) is 14.7. The second-order valence-corrected chi connectivity index (χ2v) is 10.5. The van der Waals surface area contributed by atoms with Crippen LogP contribution in [0.3, 0.4) is 0 Å². The summed E-state index contributed by atoms with van der Waals surface area (Å²) in [5.41, 5.74) is 17.6. The molecule has 1 aromatic rings. The molecule has 0 saturated heterocycles. The first-order chi connectivity index (χ1) is 20.5. The van der Waals surface area contributed by atoms with Crippen molar-refractivity contribution in [2.45, 2.75) is 89.3 Å². The van der Waals surface area contributed by atoms with Crippen LogP contribution < -0.4 is 27.8 Å². The van der Waals surface area contributed by atoms with Crippen molar-refractivity contribution in [2.24, 2.45) is 23.1 Å². The number of ketones is 2. The monoisotopic (exact) mass is 605 g/mol. The number of unbranched alkanes of at least 4 members (excludes halogenated alkanes) is 2. The van der Waals surface area contributed by atoms with E-state index in [9.17, 15) is 28.8 Å². The Morgan fingerprint density at radius 3 is 2.19 bits per heavy atom. The lowest BCUT2D eigenvalue weighted by atomic mass is 9.94. The van der Waals surface area contributed by atoms with Crippen molar-refractivity contribution >= 4 is 35.3 Å². The molecular formula is C30H47N5O8. The molecule has 0 heterocycles. The molecule has 0 aromatic heterocycles. The number of carbonyl (C=O) groups excluding carboxylic acids is 6. The number of amides is 3. The van der Waals surface area contributed by atoms with E-state index in [0.29, 0.717) is 32.2 Å². The summed E-state index contributed by atoms with van der Waals surface area (Å²) in [5.74, 6) is -3.12. The van der Waals surface area contributed by atoms with Crippen LogP contribution in [0.2, 0.25) is 0 Å². The molecule has 4 atom stereocenters. The van der Waals surface area contributed by atoms with Crippen molar-refractivity contribution in [3.05, 3.63) is 35.9 Å². The summed E-state index contributed by atoms with van der Waals surface area (Å²) in [6.07, 6.45) is 2.89. The van der Waals surface area contributed by atoms with Gasteiger partial charge in [-0.2, -0.15) is 0 Å². The minimum Gasteiger partial charge on any atom is -0.464 e. The zero-order valence-corrected chi connectivity index (χ0v) is 24.9. The van der Waals surface area contributed by atoms with Gasteiger partial charge in [0.2, 0.25) is 17.7 Å². The van der Waals surface area contributed by atoms with Crippen molar-refractivity contribution in [3.63, 3.8) is 0 Å². The van der Waals surface area contributed by atoms with E-state index in [-0.39, 0.29) is 62.6 Å². The molecule has 3 amide bonds. The highest BCUT2D eigenvalue weighted by Gasteiger charge is 2.24. The first-order valence-corrected chi connectivity index (χ1v) is 14.7. The third kappa shape index (κ3) is 15.9. The molecule has 9 N–H and O–H groups in total. The van der Waals surface area contributed by atoms with Crippen molar-refractivity contribution in [1.29, 1.82) is 0 Å². The largest absolute Gasteiger partial charge is 0.464 e. The molecule has 0 aliphatic rings. The summed E-state index contributed by atoms with van der Waals surface area (Å²) in [6, 6.07) is 6.39. The van der Waals surface area contributed by atoms with Crippen LogP contribution in [-0.4, -0.2) is 78.2 Å². The second kappa shape index (κ2) is 21.1. The van der Waals surface area contributed by atoms with Gasteiger partial charge in [-0.3, -0.25) is 28.8 Å². The summed E-state index contributed by atoms with van der Waals surface area (Å²) in [4.78, 5) is 72.5. The molecule has 0 saturated carbocycles. The van der Waals surface area contributed by atoms with Crippen molar-refractivity contribution in [2.75, 3.05) is 19.8 Å². The van der Waals surface area contributed by atoms with Crippen molar-refractivity contribution in [1.82, 2.24) is 10.6 Å². The summed E-state index contributed by atoms with van der Waals surface area (Å²) in [7, 11) is 0. The van der Waals surface area contributed by atoms with Gasteiger partial charge in [-0.1, -0.05) is 43.7 Å². The number of benzene rings is 1. The highest BCUT2D eigenvalue weighted by atomic mass is 16.5. The fourth-order valence-electron chi connectivity index (χ4n) is 4.16. The SMILES string of the molecule is CCC(=O)OCC(N)C(=O)CCC(CCC(=O)NCCCCCC(=O)C(Cc1ccccc1)NC(=O)C(N)CO)C(N)=O. The normalized spacial score (nSPS) is 13.7. The van der Waals surface area contributed by atoms with Gasteiger partial charge in [-0.05, 0) is 37.7 Å². The Labute approximate surface area is 252 Å². The number of ether oxygens (including phenoxy) is 1. The Kier molecular flexibility index (Phi) is 18.3. The number of aliphatic hydroxyl groups is 1. The maximum Gasteiger partial charge on any atom is 0.305 e. The molecule has 43 heavy (non-hydrogen) atoms. The van der Waals surface area contributed by atoms with Gasteiger partial charge in [0.05, 0.1) is 18.7 Å². The lowest BCUT2D eigenvalue weighted by Crippen LogP contribution is -2.50. The minimum atomic E-state index is -1.11. The van der Waals surface area contributed by atoms with E-state index < -0.39 is 48.4 Å². The van der Waals surface area contributed by atoms with Crippen LogP contribution in [0.15, 0.2) is 30.3 Å². The van der Waals surface area contributed by atoms with E-state index in [0.717, 1.165) is 5.56 Å². The van der Waals surface area contributed by atoms with Gasteiger partial charge in [-0.25, -0.2) is 0 Å². The smallest absolute Gasteiger partial charge is 0.305 e.